The maximum Gasteiger partial charge on any atom is 0.417 e. The molecule has 4 aromatic rings. The van der Waals surface area contributed by atoms with Crippen LogP contribution in [-0.4, -0.2) is 38.7 Å². The Kier molecular flexibility index (Phi) is 8.12. The summed E-state index contributed by atoms with van der Waals surface area (Å²) in [5, 5.41) is 2.48. The fourth-order valence-electron chi connectivity index (χ4n) is 3.72. The number of halogens is 4. The van der Waals surface area contributed by atoms with Crippen LogP contribution in [0.1, 0.15) is 27.3 Å². The number of alkyl halides is 3. The molecule has 0 fully saturated rings. The second-order valence-electron chi connectivity index (χ2n) is 8.30. The number of hydrogen-bond donors (Lipinski definition) is 2. The van der Waals surface area contributed by atoms with Crippen molar-refractivity contribution < 1.29 is 22.4 Å². The minimum atomic E-state index is -4.94. The molecule has 0 unspecified atom stereocenters. The molecule has 9 nitrogen and oxygen atoms in total. The number of nitrogens with one attached hydrogen (secondary N) is 1. The quantitative estimate of drug-likeness (QED) is 0.262. The first-order valence-corrected chi connectivity index (χ1v) is 11.6. The van der Waals surface area contributed by atoms with Crippen molar-refractivity contribution in [1.29, 1.82) is 0 Å². The second-order valence-corrected chi connectivity index (χ2v) is 8.30. The van der Waals surface area contributed by atoms with E-state index in [0.717, 1.165) is 12.1 Å². The van der Waals surface area contributed by atoms with E-state index < -0.39 is 40.3 Å². The van der Waals surface area contributed by atoms with Crippen molar-refractivity contribution in [3.63, 3.8) is 0 Å². The molecule has 204 valence electrons. The van der Waals surface area contributed by atoms with Crippen LogP contribution >= 0.6 is 0 Å². The zero-order valence-electron chi connectivity index (χ0n) is 20.9. The van der Waals surface area contributed by atoms with E-state index in [2.05, 4.69) is 25.3 Å². The van der Waals surface area contributed by atoms with Gasteiger partial charge >= 0.3 is 11.9 Å². The van der Waals surface area contributed by atoms with E-state index in [1.54, 1.807) is 36.4 Å². The van der Waals surface area contributed by atoms with Gasteiger partial charge in [-0.25, -0.2) is 24.1 Å². The first-order chi connectivity index (χ1) is 19.1. The fourth-order valence-corrected chi connectivity index (χ4v) is 3.72. The molecule has 4 rings (SSSR count). The van der Waals surface area contributed by atoms with Gasteiger partial charge in [0.25, 0.3) is 5.91 Å². The highest BCUT2D eigenvalue weighted by atomic mass is 19.4. The van der Waals surface area contributed by atoms with Crippen molar-refractivity contribution in [2.24, 2.45) is 10.7 Å². The molecular formula is C27H21F4N7O2. The van der Waals surface area contributed by atoms with Crippen LogP contribution in [0.15, 0.2) is 83.0 Å². The Hall–Kier alpha value is -5.20. The van der Waals surface area contributed by atoms with Crippen LogP contribution in [0.4, 0.5) is 23.2 Å². The SMILES string of the molecule is CN=CC=C(N)c1cc(C(=O)Nc2cnc(Cn3cccnc3=O)nc2-c2ccccc2)c(F)cc1C(F)(F)F. The molecule has 0 saturated carbocycles. The molecule has 0 aliphatic carbocycles. The summed E-state index contributed by atoms with van der Waals surface area (Å²) in [5.41, 5.74) is 3.16. The summed E-state index contributed by atoms with van der Waals surface area (Å²) in [6.45, 7) is -0.0235. The smallest absolute Gasteiger partial charge is 0.398 e. The number of hydrogen-bond acceptors (Lipinski definition) is 7. The Balaban J connectivity index is 1.76. The highest BCUT2D eigenvalue weighted by Gasteiger charge is 2.36. The number of aliphatic imine (C=N–C) groups is 1. The van der Waals surface area contributed by atoms with Crippen molar-refractivity contribution in [3.8, 4) is 11.3 Å². The first-order valence-electron chi connectivity index (χ1n) is 11.6. The van der Waals surface area contributed by atoms with E-state index >= 15 is 0 Å². The summed E-state index contributed by atoms with van der Waals surface area (Å²) in [4.78, 5) is 41.2. The van der Waals surface area contributed by atoms with Crippen LogP contribution < -0.4 is 16.7 Å². The first kappa shape index (κ1) is 27.8. The average Bonchev–Trinajstić information content (AvgIpc) is 2.93. The summed E-state index contributed by atoms with van der Waals surface area (Å²) in [7, 11) is 1.39. The topological polar surface area (TPSA) is 128 Å². The van der Waals surface area contributed by atoms with Crippen molar-refractivity contribution in [1.82, 2.24) is 19.5 Å². The summed E-state index contributed by atoms with van der Waals surface area (Å²) in [6.07, 6.45) is 1.46. The summed E-state index contributed by atoms with van der Waals surface area (Å²) >= 11 is 0. The number of carbonyl (C=O) groups excluding carboxylic acids is 1. The monoisotopic (exact) mass is 551 g/mol. The van der Waals surface area contributed by atoms with Crippen LogP contribution in [-0.2, 0) is 12.7 Å². The average molecular weight is 552 g/mol. The Morgan fingerprint density at radius 2 is 1.88 bits per heavy atom. The Morgan fingerprint density at radius 3 is 2.55 bits per heavy atom. The zero-order chi connectivity index (χ0) is 28.9. The molecule has 0 bridgehead atoms. The van der Waals surface area contributed by atoms with Crippen LogP contribution in [0, 0.1) is 5.82 Å². The van der Waals surface area contributed by atoms with Crippen molar-refractivity contribution >= 4 is 23.5 Å². The largest absolute Gasteiger partial charge is 0.417 e. The highest BCUT2D eigenvalue weighted by molar-refractivity contribution is 6.06. The van der Waals surface area contributed by atoms with Crippen LogP contribution in [0.25, 0.3) is 17.0 Å². The van der Waals surface area contributed by atoms with E-state index in [1.807, 2.05) is 0 Å². The normalized spacial score (nSPS) is 12.1. The zero-order valence-corrected chi connectivity index (χ0v) is 20.9. The molecular weight excluding hydrogens is 530 g/mol. The number of allylic oxidation sites excluding steroid dienone is 1. The van der Waals surface area contributed by atoms with Crippen LogP contribution in [0.2, 0.25) is 0 Å². The summed E-state index contributed by atoms with van der Waals surface area (Å²) in [6, 6.07) is 11.1. The minimum absolute atomic E-state index is 0.0235. The Labute approximate surface area is 224 Å². The maximum absolute atomic E-state index is 14.9. The fraction of sp³-hybridized carbons (Fsp3) is 0.111. The van der Waals surface area contributed by atoms with Gasteiger partial charge in [-0.15, -0.1) is 0 Å². The van der Waals surface area contributed by atoms with E-state index in [1.165, 1.54) is 36.4 Å². The molecule has 0 saturated heterocycles. The number of benzene rings is 2. The lowest BCUT2D eigenvalue weighted by Crippen LogP contribution is -2.23. The molecule has 0 atom stereocenters. The third kappa shape index (κ3) is 6.26. The Bertz CT molecular complexity index is 1670. The molecule has 2 heterocycles. The van der Waals surface area contributed by atoms with Gasteiger partial charge in [-0.3, -0.25) is 14.4 Å². The van der Waals surface area contributed by atoms with Gasteiger partial charge in [-0.2, -0.15) is 13.2 Å². The second kappa shape index (κ2) is 11.7. The lowest BCUT2D eigenvalue weighted by atomic mass is 9.99. The Morgan fingerprint density at radius 1 is 1.12 bits per heavy atom. The number of anilines is 1. The number of rotatable bonds is 7. The molecule has 0 aliphatic heterocycles. The number of amides is 1. The summed E-state index contributed by atoms with van der Waals surface area (Å²) < 4.78 is 57.0. The van der Waals surface area contributed by atoms with E-state index in [4.69, 9.17) is 5.73 Å². The predicted octanol–water partition coefficient (Wildman–Crippen LogP) is 4.16. The molecule has 2 aromatic carbocycles. The molecule has 3 N–H and O–H groups in total. The molecule has 0 aliphatic rings. The van der Waals surface area contributed by atoms with E-state index in [-0.39, 0.29) is 35.5 Å². The van der Waals surface area contributed by atoms with Gasteiger partial charge in [0, 0.05) is 42.5 Å². The minimum Gasteiger partial charge on any atom is -0.398 e. The molecule has 2 aromatic heterocycles. The van der Waals surface area contributed by atoms with Crippen molar-refractivity contribution in [2.75, 3.05) is 12.4 Å². The third-order valence-corrected chi connectivity index (χ3v) is 5.60. The molecule has 40 heavy (non-hydrogen) atoms. The maximum atomic E-state index is 14.9. The number of nitrogens with zero attached hydrogens (tertiary/aromatic N) is 5. The van der Waals surface area contributed by atoms with Gasteiger partial charge in [-0.1, -0.05) is 30.3 Å². The van der Waals surface area contributed by atoms with Gasteiger partial charge in [0.15, 0.2) is 0 Å². The van der Waals surface area contributed by atoms with Gasteiger partial charge in [0.1, 0.15) is 11.6 Å². The van der Waals surface area contributed by atoms with E-state index in [9.17, 15) is 27.2 Å². The molecule has 1 amide bonds. The molecule has 13 heteroatoms. The lowest BCUT2D eigenvalue weighted by Gasteiger charge is -2.16. The van der Waals surface area contributed by atoms with Gasteiger partial charge in [0.05, 0.1) is 35.2 Å². The standard InChI is InChI=1S/C27H21F4N7O2/c1-33-10-8-21(32)17-12-18(20(28)13-19(17)27(29,30)31)25(39)36-22-14-35-23(15-38-11-5-9-34-26(38)40)37-24(22)16-6-3-2-4-7-16/h2-14H,15,32H2,1H3,(H,36,39). The molecule has 0 radical (unpaired) electrons. The van der Waals surface area contributed by atoms with Crippen molar-refractivity contribution in [3.05, 3.63) is 112 Å². The number of aromatic nitrogens is 4. The van der Waals surface area contributed by atoms with Crippen molar-refractivity contribution in [2.45, 2.75) is 12.7 Å². The number of nitrogens with two attached hydrogens (primary N) is 1. The molecule has 0 spiro atoms. The van der Waals surface area contributed by atoms with E-state index in [0.29, 0.717) is 5.56 Å². The van der Waals surface area contributed by atoms with Gasteiger partial charge < -0.3 is 11.1 Å². The predicted molar refractivity (Wildman–Crippen MR) is 141 cm³/mol. The van der Waals surface area contributed by atoms with Crippen LogP contribution in [0.5, 0.6) is 0 Å². The highest BCUT2D eigenvalue weighted by Crippen LogP contribution is 2.36. The van der Waals surface area contributed by atoms with Gasteiger partial charge in [0.2, 0.25) is 0 Å². The third-order valence-electron chi connectivity index (χ3n) is 5.60. The number of carbonyl (C=O) groups is 1. The lowest BCUT2D eigenvalue weighted by molar-refractivity contribution is -0.138. The van der Waals surface area contributed by atoms with Gasteiger partial charge in [-0.05, 0) is 24.3 Å². The summed E-state index contributed by atoms with van der Waals surface area (Å²) in [5.74, 6) is -2.24. The van der Waals surface area contributed by atoms with Crippen LogP contribution in [0.3, 0.4) is 0 Å².